The molecule has 0 N–H and O–H groups in total. The third kappa shape index (κ3) is 9.58. The summed E-state index contributed by atoms with van der Waals surface area (Å²) < 4.78 is 35.7. The highest BCUT2D eigenvalue weighted by atomic mass is 16.5. The summed E-state index contributed by atoms with van der Waals surface area (Å²) in [5.74, 6) is 3.71. The topological polar surface area (TPSA) is 130 Å². The molecule has 12 rings (SSSR count). The van der Waals surface area contributed by atoms with Gasteiger partial charge in [-0.1, -0.05) is 38.5 Å². The number of hydrogen-bond donors (Lipinski definition) is 0. The van der Waals surface area contributed by atoms with E-state index in [9.17, 15) is 0 Å². The van der Waals surface area contributed by atoms with Crippen molar-refractivity contribution in [3.05, 3.63) is 69.8 Å². The molecule has 0 spiro atoms. The maximum absolute atomic E-state index is 5.95. The lowest BCUT2D eigenvalue weighted by molar-refractivity contribution is 0.353. The van der Waals surface area contributed by atoms with E-state index >= 15 is 0 Å². The summed E-state index contributed by atoms with van der Waals surface area (Å²) in [6.07, 6.45) is 23.7. The van der Waals surface area contributed by atoms with Crippen molar-refractivity contribution in [2.75, 3.05) is 42.7 Å². The van der Waals surface area contributed by atoms with E-state index in [1.165, 1.54) is 0 Å². The van der Waals surface area contributed by atoms with Gasteiger partial charge in [0, 0.05) is 70.7 Å². The van der Waals surface area contributed by atoms with E-state index in [1.54, 1.807) is 42.7 Å². The molecule has 6 heterocycles. The Hall–Kier alpha value is -5.52. The van der Waals surface area contributed by atoms with Gasteiger partial charge in [0.05, 0.1) is 78.9 Å². The average molecular weight is 817 g/mol. The molecule has 0 saturated heterocycles. The van der Waals surface area contributed by atoms with Crippen molar-refractivity contribution in [2.45, 2.75) is 113 Å². The lowest BCUT2D eigenvalue weighted by Gasteiger charge is -2.26. The summed E-state index contributed by atoms with van der Waals surface area (Å²) in [6, 6.07) is 12.2. The SMILES string of the molecule is COc1c2ccc(c1OC)C=N[C@@H]1CCCC[C@H]1N=Cc1ccc(c(OC)c1OC)C=N[C@@H]1CCCC[C@H]1N=Cc1ccc(c(OC)c1OC)C=N[C@@H]1CCCC[C@H]1N=C2. The van der Waals surface area contributed by atoms with Gasteiger partial charge < -0.3 is 28.4 Å². The van der Waals surface area contributed by atoms with Crippen molar-refractivity contribution >= 4 is 37.3 Å². The predicted octanol–water partition coefficient (Wildman–Crippen LogP) is 8.60. The fourth-order valence-electron chi connectivity index (χ4n) is 9.03. The minimum Gasteiger partial charge on any atom is -0.492 e. The number of rotatable bonds is 6. The Bertz CT molecular complexity index is 1740. The van der Waals surface area contributed by atoms with E-state index in [1.807, 2.05) is 73.7 Å². The lowest BCUT2D eigenvalue weighted by Crippen LogP contribution is -2.27. The second-order valence-electron chi connectivity index (χ2n) is 15.9. The van der Waals surface area contributed by atoms with Crippen LogP contribution in [0.5, 0.6) is 34.5 Å². The third-order valence-electron chi connectivity index (χ3n) is 12.3. The third-order valence-corrected chi connectivity index (χ3v) is 12.3. The highest BCUT2D eigenvalue weighted by Crippen LogP contribution is 2.38. The molecule has 0 aromatic heterocycles. The van der Waals surface area contributed by atoms with E-state index in [0.717, 1.165) is 110 Å². The largest absolute Gasteiger partial charge is 0.492 e. The number of methoxy groups -OCH3 is 6. The first-order valence-electron chi connectivity index (χ1n) is 21.4. The van der Waals surface area contributed by atoms with Crippen molar-refractivity contribution < 1.29 is 28.4 Å². The summed E-state index contributed by atoms with van der Waals surface area (Å²) in [7, 11) is 9.98. The van der Waals surface area contributed by atoms with Crippen LogP contribution in [0.3, 0.4) is 0 Å². The van der Waals surface area contributed by atoms with Crippen LogP contribution in [0, 0.1) is 0 Å². The van der Waals surface area contributed by atoms with Crippen LogP contribution in [0.25, 0.3) is 0 Å². The van der Waals surface area contributed by atoms with Crippen molar-refractivity contribution in [1.82, 2.24) is 0 Å². The standard InChI is InChI=1S/C48H60N6O6/c1-55-43-31-19-20-32(44(43)56-2)26-50-39-15-9-10-16-40(39)52-28-34-23-24-36(48(60-6)46(34)58-4)30-54-42-18-12-11-17-41(42)53-29-35-22-21-33(45(57-3)47(35)59-5)27-51-38-14-8-7-13-37(38)49-25-31/h19-30,37-42H,7-18H2,1-6H3/t37-,38-,39-,40-,41-,42-/m1/s1. The predicted molar refractivity (Wildman–Crippen MR) is 242 cm³/mol. The second kappa shape index (κ2) is 20.6. The summed E-state index contributed by atoms with van der Waals surface area (Å²) >= 11 is 0. The van der Waals surface area contributed by atoms with E-state index in [2.05, 4.69) is 0 Å². The molecule has 0 radical (unpaired) electrons. The van der Waals surface area contributed by atoms with Crippen LogP contribution in [0.2, 0.25) is 0 Å². The van der Waals surface area contributed by atoms with Gasteiger partial charge in [-0.25, -0.2) is 0 Å². The van der Waals surface area contributed by atoms with Crippen molar-refractivity contribution in [1.29, 1.82) is 0 Å². The Morgan fingerprint density at radius 1 is 0.283 bits per heavy atom. The van der Waals surface area contributed by atoms with Crippen LogP contribution >= 0.6 is 0 Å². The Balaban J connectivity index is 1.30. The maximum Gasteiger partial charge on any atom is 0.170 e. The summed E-state index contributed by atoms with van der Waals surface area (Å²) in [5.41, 5.74) is 5.02. The van der Waals surface area contributed by atoms with Crippen LogP contribution in [0.1, 0.15) is 110 Å². The molecule has 12 heteroatoms. The molecule has 9 aliphatic rings. The van der Waals surface area contributed by atoms with Gasteiger partial charge in [-0.3, -0.25) is 30.0 Å². The summed E-state index contributed by atoms with van der Waals surface area (Å²) in [6.45, 7) is 0. The molecule has 12 nitrogen and oxygen atoms in total. The molecule has 3 fully saturated rings. The maximum atomic E-state index is 5.95. The van der Waals surface area contributed by atoms with Gasteiger partial charge in [-0.05, 0) is 74.9 Å². The van der Waals surface area contributed by atoms with Gasteiger partial charge in [0.25, 0.3) is 0 Å². The molecule has 3 aromatic rings. The Morgan fingerprint density at radius 3 is 0.567 bits per heavy atom. The van der Waals surface area contributed by atoms with Crippen molar-refractivity contribution in [2.24, 2.45) is 30.0 Å². The number of nitrogens with zero attached hydrogens (tertiary/aromatic N) is 6. The highest BCUT2D eigenvalue weighted by Gasteiger charge is 2.27. The fraction of sp³-hybridized carbons (Fsp3) is 0.500. The molecule has 3 aliphatic carbocycles. The van der Waals surface area contributed by atoms with Gasteiger partial charge in [0.1, 0.15) is 0 Å². The first kappa shape index (κ1) is 42.6. The van der Waals surface area contributed by atoms with Gasteiger partial charge in [0.15, 0.2) is 34.5 Å². The molecule has 6 atom stereocenters. The highest BCUT2D eigenvalue weighted by molar-refractivity contribution is 5.94. The zero-order valence-electron chi connectivity index (χ0n) is 36.0. The zero-order valence-corrected chi connectivity index (χ0v) is 36.0. The monoisotopic (exact) mass is 816 g/mol. The molecule has 3 aromatic carbocycles. The van der Waals surface area contributed by atoms with E-state index in [0.29, 0.717) is 34.5 Å². The van der Waals surface area contributed by atoms with Crippen LogP contribution in [-0.2, 0) is 0 Å². The van der Waals surface area contributed by atoms with E-state index in [4.69, 9.17) is 58.4 Å². The normalized spacial score (nSPS) is 24.3. The zero-order chi connectivity index (χ0) is 41.8. The van der Waals surface area contributed by atoms with Crippen LogP contribution in [0.4, 0.5) is 0 Å². The number of hydrogen-bond acceptors (Lipinski definition) is 12. The molecule has 3 saturated carbocycles. The fourth-order valence-corrected chi connectivity index (χ4v) is 9.03. The van der Waals surface area contributed by atoms with Crippen LogP contribution < -0.4 is 28.4 Å². The molecule has 6 bridgehead atoms. The number of ether oxygens (including phenoxy) is 6. The molecule has 0 amide bonds. The Labute approximate surface area is 355 Å². The van der Waals surface area contributed by atoms with Crippen molar-refractivity contribution in [3.8, 4) is 34.5 Å². The van der Waals surface area contributed by atoms with Crippen LogP contribution in [-0.4, -0.2) is 116 Å². The average Bonchev–Trinajstić information content (AvgIpc) is 3.29. The Morgan fingerprint density at radius 2 is 0.433 bits per heavy atom. The van der Waals surface area contributed by atoms with Gasteiger partial charge in [0.2, 0.25) is 0 Å². The quantitative estimate of drug-likeness (QED) is 0.245. The molecular formula is C48H60N6O6. The summed E-state index contributed by atoms with van der Waals surface area (Å²) in [4.78, 5) is 30.7. The lowest BCUT2D eigenvalue weighted by atomic mass is 9.91. The summed E-state index contributed by atoms with van der Waals surface area (Å²) in [5, 5.41) is 0. The molecule has 60 heavy (non-hydrogen) atoms. The first-order chi connectivity index (χ1) is 29.5. The molecule has 318 valence electrons. The molecule has 0 unspecified atom stereocenters. The van der Waals surface area contributed by atoms with Gasteiger partial charge in [-0.15, -0.1) is 0 Å². The first-order valence-corrected chi connectivity index (χ1v) is 21.4. The van der Waals surface area contributed by atoms with E-state index in [-0.39, 0.29) is 36.3 Å². The second-order valence-corrected chi connectivity index (χ2v) is 15.9. The minimum atomic E-state index is 0.0141. The number of benzene rings is 3. The van der Waals surface area contributed by atoms with Gasteiger partial charge >= 0.3 is 0 Å². The Kier molecular flexibility index (Phi) is 14.7. The minimum absolute atomic E-state index is 0.0141. The smallest absolute Gasteiger partial charge is 0.170 e. The van der Waals surface area contributed by atoms with Gasteiger partial charge in [-0.2, -0.15) is 0 Å². The molecular weight excluding hydrogens is 757 g/mol. The van der Waals surface area contributed by atoms with Crippen molar-refractivity contribution in [3.63, 3.8) is 0 Å². The van der Waals surface area contributed by atoms with Crippen LogP contribution in [0.15, 0.2) is 66.4 Å². The number of aliphatic imine (C=N–C) groups is 6. The molecule has 6 aliphatic heterocycles. The van der Waals surface area contributed by atoms with E-state index < -0.39 is 0 Å².